The van der Waals surface area contributed by atoms with Crippen LogP contribution in [-0.4, -0.2) is 99.7 Å². The molecule has 0 bridgehead atoms. The Bertz CT molecular complexity index is 1620. The number of hydrogen-bond donors (Lipinski definition) is 6. The van der Waals surface area contributed by atoms with Crippen LogP contribution in [0.2, 0.25) is 0 Å². The summed E-state index contributed by atoms with van der Waals surface area (Å²) >= 11 is 0. The van der Waals surface area contributed by atoms with E-state index in [0.29, 0.717) is 5.65 Å². The van der Waals surface area contributed by atoms with Crippen molar-refractivity contribution in [2.24, 2.45) is 0 Å². The summed E-state index contributed by atoms with van der Waals surface area (Å²) < 4.78 is 58.5. The molecule has 2 aliphatic heterocycles. The fourth-order valence-corrected chi connectivity index (χ4v) is 6.01. The Morgan fingerprint density at radius 1 is 1.07 bits per heavy atom. The van der Waals surface area contributed by atoms with E-state index in [1.165, 1.54) is 36.6 Å². The zero-order chi connectivity index (χ0) is 31.1. The van der Waals surface area contributed by atoms with Gasteiger partial charge < -0.3 is 45.5 Å². The van der Waals surface area contributed by atoms with Crippen LogP contribution >= 0.6 is 15.6 Å². The Kier molecular flexibility index (Phi) is 8.96. The highest BCUT2D eigenvalue weighted by Crippen LogP contribution is 2.50. The van der Waals surface area contributed by atoms with Crippen LogP contribution in [0.15, 0.2) is 29.7 Å². The number of nitrogens with zero attached hydrogens (tertiary/aromatic N) is 6. The third-order valence-electron chi connectivity index (χ3n) is 6.67. The Labute approximate surface area is 241 Å². The molecule has 5 heterocycles. The van der Waals surface area contributed by atoms with Crippen LogP contribution in [0.25, 0.3) is 11.2 Å². The number of phosphoric ester groups is 2. The summed E-state index contributed by atoms with van der Waals surface area (Å²) in [6, 6.07) is 1.31. The number of nitrogens with two attached hydrogens (primary N) is 2. The third kappa shape index (κ3) is 6.93. The molecular formula is C20H28N8O13P2. The molecule has 0 amide bonds. The maximum atomic E-state index is 13.0. The minimum Gasteiger partial charge on any atom is -0.387 e. The van der Waals surface area contributed by atoms with Crippen molar-refractivity contribution >= 4 is 38.4 Å². The van der Waals surface area contributed by atoms with Gasteiger partial charge in [-0.3, -0.25) is 22.7 Å². The van der Waals surface area contributed by atoms with Gasteiger partial charge in [0.2, 0.25) is 0 Å². The number of nitrogen functional groups attached to an aromatic ring is 2. The topological polar surface area (TPSA) is 301 Å². The van der Waals surface area contributed by atoms with E-state index in [2.05, 4.69) is 24.5 Å². The molecular weight excluding hydrogens is 622 g/mol. The Balaban J connectivity index is 1.28. The summed E-state index contributed by atoms with van der Waals surface area (Å²) in [5, 5.41) is 10.8. The Morgan fingerprint density at radius 2 is 1.81 bits per heavy atom. The number of aromatic nitrogens is 6. The molecule has 0 aromatic carbocycles. The van der Waals surface area contributed by atoms with Crippen LogP contribution in [0.5, 0.6) is 0 Å². The smallest absolute Gasteiger partial charge is 0.387 e. The molecule has 21 nitrogen and oxygen atoms in total. The van der Waals surface area contributed by atoms with Crippen molar-refractivity contribution in [1.82, 2.24) is 29.1 Å². The number of anilines is 2. The average molecular weight is 650 g/mol. The molecule has 2 aliphatic rings. The predicted octanol–water partition coefficient (Wildman–Crippen LogP) is -1.58. The molecule has 0 saturated carbocycles. The normalized spacial score (nSPS) is 29.3. The van der Waals surface area contributed by atoms with Gasteiger partial charge in [-0.25, -0.2) is 28.9 Å². The number of hydrogen-bond acceptors (Lipinski definition) is 16. The summed E-state index contributed by atoms with van der Waals surface area (Å²) in [6.07, 6.45) is -4.72. The van der Waals surface area contributed by atoms with E-state index in [0.717, 1.165) is 4.57 Å². The summed E-state index contributed by atoms with van der Waals surface area (Å²) in [5.41, 5.74) is 11.1. The van der Waals surface area contributed by atoms with Gasteiger partial charge in [0.15, 0.2) is 17.7 Å². The van der Waals surface area contributed by atoms with Gasteiger partial charge >= 0.3 is 21.3 Å². The third-order valence-corrected chi connectivity index (χ3v) is 8.16. The molecule has 1 unspecified atom stereocenters. The zero-order valence-corrected chi connectivity index (χ0v) is 24.0. The molecule has 0 spiro atoms. The molecule has 8 atom stereocenters. The maximum Gasteiger partial charge on any atom is 0.472 e. The quantitative estimate of drug-likeness (QED) is 0.128. The van der Waals surface area contributed by atoms with E-state index in [9.17, 15) is 23.9 Å². The lowest BCUT2D eigenvalue weighted by molar-refractivity contribution is -0.0624. The van der Waals surface area contributed by atoms with Gasteiger partial charge in [-0.15, -0.1) is 0 Å². The summed E-state index contributed by atoms with van der Waals surface area (Å²) in [7, 11) is -8.59. The Morgan fingerprint density at radius 3 is 2.51 bits per heavy atom. The van der Waals surface area contributed by atoms with Crippen molar-refractivity contribution in [1.29, 1.82) is 0 Å². The fraction of sp³-hybridized carbons (Fsp3) is 0.550. The molecule has 3 aromatic rings. The summed E-state index contributed by atoms with van der Waals surface area (Å²) in [5.74, 6) is 0.0595. The maximum absolute atomic E-state index is 13.0. The van der Waals surface area contributed by atoms with Gasteiger partial charge in [0.25, 0.3) is 0 Å². The number of rotatable bonds is 11. The van der Waals surface area contributed by atoms with E-state index in [-0.39, 0.29) is 23.6 Å². The van der Waals surface area contributed by atoms with Crippen molar-refractivity contribution in [3.05, 3.63) is 35.4 Å². The highest BCUT2D eigenvalue weighted by molar-refractivity contribution is 7.47. The van der Waals surface area contributed by atoms with Crippen molar-refractivity contribution in [2.45, 2.75) is 49.4 Å². The molecule has 43 heavy (non-hydrogen) atoms. The van der Waals surface area contributed by atoms with Gasteiger partial charge in [0.1, 0.15) is 54.4 Å². The number of imidazole rings is 1. The molecule has 5 rings (SSSR count). The molecule has 236 valence electrons. The first-order valence-corrected chi connectivity index (χ1v) is 15.4. The highest BCUT2D eigenvalue weighted by atomic mass is 31.2. The Hall–Kier alpha value is -2.91. The van der Waals surface area contributed by atoms with Crippen LogP contribution in [0.4, 0.5) is 11.6 Å². The second-order valence-corrected chi connectivity index (χ2v) is 12.1. The largest absolute Gasteiger partial charge is 0.472 e. The predicted molar refractivity (Wildman–Crippen MR) is 141 cm³/mol. The van der Waals surface area contributed by atoms with Gasteiger partial charge in [-0.05, 0) is 6.07 Å². The van der Waals surface area contributed by atoms with Gasteiger partial charge in [0, 0.05) is 19.7 Å². The first kappa shape index (κ1) is 31.5. The second-order valence-electron chi connectivity index (χ2n) is 9.44. The molecule has 8 N–H and O–H groups in total. The molecule has 3 aromatic heterocycles. The van der Waals surface area contributed by atoms with E-state index in [4.69, 9.17) is 44.5 Å². The second kappa shape index (κ2) is 12.2. The number of aliphatic hydroxyl groups excluding tert-OH is 1. The lowest BCUT2D eigenvalue weighted by Gasteiger charge is -2.22. The number of phosphoric acid groups is 2. The first-order chi connectivity index (χ1) is 20.3. The van der Waals surface area contributed by atoms with E-state index in [1.807, 2.05) is 0 Å². The fourth-order valence-electron chi connectivity index (χ4n) is 4.71. The van der Waals surface area contributed by atoms with E-state index < -0.39 is 77.5 Å². The van der Waals surface area contributed by atoms with Gasteiger partial charge in [-0.1, -0.05) is 0 Å². The summed E-state index contributed by atoms with van der Waals surface area (Å²) in [4.78, 5) is 56.7. The molecule has 0 radical (unpaired) electrons. The monoisotopic (exact) mass is 650 g/mol. The van der Waals surface area contributed by atoms with Crippen molar-refractivity contribution < 1.29 is 56.7 Å². The van der Waals surface area contributed by atoms with E-state index >= 15 is 0 Å². The summed E-state index contributed by atoms with van der Waals surface area (Å²) in [6.45, 7) is -1.42. The highest BCUT2D eigenvalue weighted by Gasteiger charge is 2.48. The lowest BCUT2D eigenvalue weighted by Crippen LogP contribution is -2.35. The van der Waals surface area contributed by atoms with Crippen LogP contribution in [-0.2, 0) is 36.9 Å². The zero-order valence-electron chi connectivity index (χ0n) is 22.2. The molecule has 0 aliphatic carbocycles. The lowest BCUT2D eigenvalue weighted by atomic mass is 10.1. The van der Waals surface area contributed by atoms with Crippen molar-refractivity contribution in [3.63, 3.8) is 0 Å². The minimum atomic E-state index is -4.97. The average Bonchev–Trinajstić information content (AvgIpc) is 3.61. The van der Waals surface area contributed by atoms with Crippen LogP contribution in [0, 0.1) is 0 Å². The first-order valence-electron chi connectivity index (χ1n) is 12.4. The molecule has 2 saturated heterocycles. The van der Waals surface area contributed by atoms with E-state index in [1.54, 1.807) is 0 Å². The van der Waals surface area contributed by atoms with Gasteiger partial charge in [0.05, 0.1) is 19.5 Å². The molecule has 2 fully saturated rings. The van der Waals surface area contributed by atoms with Crippen LogP contribution < -0.4 is 17.2 Å². The van der Waals surface area contributed by atoms with Crippen LogP contribution in [0.3, 0.4) is 0 Å². The number of aliphatic hydroxyl groups is 1. The SMILES string of the molecule is CO[C@@H]1[C@H](O)[C@@H](COP(=O)(O)O[C@H]2C[C@H](n3ccc(N)nc3=O)O[C@@H]2COP(=O)(O)O)O[C@H]1n1cnc2c(N)ncnc21. The van der Waals surface area contributed by atoms with Crippen LogP contribution in [0.1, 0.15) is 18.9 Å². The number of fused-ring (bicyclic) bond motifs is 1. The van der Waals surface area contributed by atoms with Crippen molar-refractivity contribution in [3.8, 4) is 0 Å². The minimum absolute atomic E-state index is 0.0606. The molecule has 23 heteroatoms. The standard InChI is InChI=1S/C20H28N8O13P2/c1-36-16-15(29)11(40-19(16)28-8-25-14-17(22)23-7-24-18(14)28)6-38-43(34,35)41-9-4-13(27-3-2-12(21)26-20(27)30)39-10(9)5-37-42(31,32)33/h2-3,7-11,13,15-16,19,29H,4-6H2,1H3,(H,34,35)(H2,21,26,30)(H2,22,23,24)(H2,31,32,33)/t9-,10+,11+,13+,15+,16+,19+/m0/s1. The number of methoxy groups -OCH3 is 1. The van der Waals surface area contributed by atoms with Gasteiger partial charge in [-0.2, -0.15) is 4.98 Å². The van der Waals surface area contributed by atoms with Crippen molar-refractivity contribution in [2.75, 3.05) is 31.8 Å². The number of ether oxygens (including phenoxy) is 3.